The van der Waals surface area contributed by atoms with E-state index in [9.17, 15) is 9.50 Å². The number of aryl methyl sites for hydroxylation is 1. The molecule has 1 unspecified atom stereocenters. The van der Waals surface area contributed by atoms with Gasteiger partial charge in [0.25, 0.3) is 0 Å². The third kappa shape index (κ3) is 2.76. The maximum Gasteiger partial charge on any atom is 0.125 e. The standard InChI is InChI=1S/C16H17FO2/c1-3-11-6-4-5-7-13(11)16(18)14-10-12(17)8-9-15(14)19-2/h4-10,16,18H,3H2,1-2H3. The van der Waals surface area contributed by atoms with Gasteiger partial charge in [0.05, 0.1) is 7.11 Å². The molecule has 0 heterocycles. The molecule has 19 heavy (non-hydrogen) atoms. The van der Waals surface area contributed by atoms with E-state index in [1.54, 1.807) is 0 Å². The first-order valence-electron chi connectivity index (χ1n) is 6.26. The normalized spacial score (nSPS) is 12.2. The molecule has 2 nitrogen and oxygen atoms in total. The summed E-state index contributed by atoms with van der Waals surface area (Å²) < 4.78 is 18.6. The zero-order chi connectivity index (χ0) is 13.8. The lowest BCUT2D eigenvalue weighted by molar-refractivity contribution is 0.213. The topological polar surface area (TPSA) is 29.5 Å². The molecule has 0 saturated heterocycles. The average molecular weight is 260 g/mol. The molecule has 0 spiro atoms. The van der Waals surface area contributed by atoms with E-state index in [1.807, 2.05) is 31.2 Å². The van der Waals surface area contributed by atoms with Crippen LogP contribution in [-0.2, 0) is 6.42 Å². The van der Waals surface area contributed by atoms with E-state index in [-0.39, 0.29) is 5.82 Å². The first kappa shape index (κ1) is 13.6. The van der Waals surface area contributed by atoms with Crippen molar-refractivity contribution in [1.29, 1.82) is 0 Å². The van der Waals surface area contributed by atoms with Gasteiger partial charge >= 0.3 is 0 Å². The van der Waals surface area contributed by atoms with Crippen LogP contribution in [0.4, 0.5) is 4.39 Å². The molecule has 0 aliphatic carbocycles. The molecular formula is C16H17FO2. The van der Waals surface area contributed by atoms with E-state index in [0.717, 1.165) is 17.5 Å². The molecule has 0 aliphatic heterocycles. The highest BCUT2D eigenvalue weighted by molar-refractivity contribution is 5.43. The minimum Gasteiger partial charge on any atom is -0.496 e. The molecule has 2 aromatic rings. The SMILES string of the molecule is CCc1ccccc1C(O)c1cc(F)ccc1OC. The molecule has 2 rings (SSSR count). The Morgan fingerprint density at radius 1 is 1.16 bits per heavy atom. The Morgan fingerprint density at radius 2 is 1.89 bits per heavy atom. The minimum absolute atomic E-state index is 0.385. The van der Waals surface area contributed by atoms with E-state index in [2.05, 4.69) is 0 Å². The molecule has 0 amide bonds. The minimum atomic E-state index is -0.887. The summed E-state index contributed by atoms with van der Waals surface area (Å²) in [5.41, 5.74) is 2.28. The van der Waals surface area contributed by atoms with Crippen molar-refractivity contribution in [3.8, 4) is 5.75 Å². The number of methoxy groups -OCH3 is 1. The molecule has 2 aromatic carbocycles. The number of hydrogen-bond donors (Lipinski definition) is 1. The number of ether oxygens (including phenoxy) is 1. The second-order valence-corrected chi connectivity index (χ2v) is 4.34. The lowest BCUT2D eigenvalue weighted by Crippen LogP contribution is -2.05. The second-order valence-electron chi connectivity index (χ2n) is 4.34. The molecule has 1 atom stereocenters. The van der Waals surface area contributed by atoms with Gasteiger partial charge in [0.2, 0.25) is 0 Å². The summed E-state index contributed by atoms with van der Waals surface area (Å²) in [7, 11) is 1.51. The van der Waals surface area contributed by atoms with Gasteiger partial charge in [-0.1, -0.05) is 31.2 Å². The van der Waals surface area contributed by atoms with E-state index < -0.39 is 6.10 Å². The predicted molar refractivity (Wildman–Crippen MR) is 72.8 cm³/mol. The molecule has 100 valence electrons. The Kier molecular flexibility index (Phi) is 4.17. The lowest BCUT2D eigenvalue weighted by Gasteiger charge is -2.18. The number of rotatable bonds is 4. The molecule has 0 aliphatic rings. The summed E-state index contributed by atoms with van der Waals surface area (Å²) in [6.07, 6.45) is -0.0768. The fourth-order valence-electron chi connectivity index (χ4n) is 2.21. The largest absolute Gasteiger partial charge is 0.496 e. The van der Waals surface area contributed by atoms with Crippen LogP contribution in [0.3, 0.4) is 0 Å². The van der Waals surface area contributed by atoms with Crippen molar-refractivity contribution in [1.82, 2.24) is 0 Å². The Labute approximate surface area is 112 Å². The van der Waals surface area contributed by atoms with E-state index >= 15 is 0 Å². The van der Waals surface area contributed by atoms with Gasteiger partial charge in [-0.25, -0.2) is 4.39 Å². The maximum absolute atomic E-state index is 13.4. The Hall–Kier alpha value is -1.87. The molecule has 0 saturated carbocycles. The summed E-state index contributed by atoms with van der Waals surface area (Å²) in [4.78, 5) is 0. The van der Waals surface area contributed by atoms with Crippen molar-refractivity contribution in [3.63, 3.8) is 0 Å². The van der Waals surface area contributed by atoms with Crippen molar-refractivity contribution < 1.29 is 14.2 Å². The van der Waals surface area contributed by atoms with Crippen molar-refractivity contribution in [2.24, 2.45) is 0 Å². The van der Waals surface area contributed by atoms with Gasteiger partial charge in [-0.05, 0) is 35.7 Å². The lowest BCUT2D eigenvalue weighted by atomic mass is 9.95. The van der Waals surface area contributed by atoms with Crippen molar-refractivity contribution in [3.05, 3.63) is 65.0 Å². The van der Waals surface area contributed by atoms with Gasteiger partial charge < -0.3 is 9.84 Å². The third-order valence-corrected chi connectivity index (χ3v) is 3.22. The van der Waals surface area contributed by atoms with Gasteiger partial charge in [0, 0.05) is 5.56 Å². The first-order chi connectivity index (χ1) is 9.17. The predicted octanol–water partition coefficient (Wildman–Crippen LogP) is 3.48. The summed E-state index contributed by atoms with van der Waals surface area (Å²) in [5, 5.41) is 10.5. The molecule has 0 radical (unpaired) electrons. The summed E-state index contributed by atoms with van der Waals surface area (Å²) in [6, 6.07) is 11.8. The van der Waals surface area contributed by atoms with E-state index in [4.69, 9.17) is 4.74 Å². The van der Waals surface area contributed by atoms with Crippen LogP contribution in [0.2, 0.25) is 0 Å². The van der Waals surface area contributed by atoms with E-state index in [0.29, 0.717) is 11.3 Å². The smallest absolute Gasteiger partial charge is 0.125 e. The highest BCUT2D eigenvalue weighted by atomic mass is 19.1. The monoisotopic (exact) mass is 260 g/mol. The molecule has 3 heteroatoms. The van der Waals surface area contributed by atoms with Crippen LogP contribution in [0.25, 0.3) is 0 Å². The number of aliphatic hydroxyl groups excluding tert-OH is 1. The molecular weight excluding hydrogens is 243 g/mol. The summed E-state index contributed by atoms with van der Waals surface area (Å²) in [6.45, 7) is 2.02. The average Bonchev–Trinajstić information content (AvgIpc) is 2.46. The fourth-order valence-corrected chi connectivity index (χ4v) is 2.21. The number of benzene rings is 2. The second kappa shape index (κ2) is 5.85. The molecule has 1 N–H and O–H groups in total. The Balaban J connectivity index is 2.49. The summed E-state index contributed by atoms with van der Waals surface area (Å²) >= 11 is 0. The van der Waals surface area contributed by atoms with Gasteiger partial charge in [-0.2, -0.15) is 0 Å². The quantitative estimate of drug-likeness (QED) is 0.912. The van der Waals surface area contributed by atoms with Crippen LogP contribution < -0.4 is 4.74 Å². The molecule has 0 fully saturated rings. The van der Waals surface area contributed by atoms with Crippen LogP contribution in [0, 0.1) is 5.82 Å². The van der Waals surface area contributed by atoms with Gasteiger partial charge in [-0.3, -0.25) is 0 Å². The van der Waals surface area contributed by atoms with Crippen molar-refractivity contribution >= 4 is 0 Å². The number of aliphatic hydroxyl groups is 1. The zero-order valence-electron chi connectivity index (χ0n) is 11.1. The van der Waals surface area contributed by atoms with Crippen LogP contribution in [0.5, 0.6) is 5.75 Å². The Bertz CT molecular complexity index is 566. The Morgan fingerprint density at radius 3 is 2.58 bits per heavy atom. The third-order valence-electron chi connectivity index (χ3n) is 3.22. The number of hydrogen-bond acceptors (Lipinski definition) is 2. The van der Waals surface area contributed by atoms with Crippen LogP contribution in [0.15, 0.2) is 42.5 Å². The molecule has 0 aromatic heterocycles. The highest BCUT2D eigenvalue weighted by Crippen LogP contribution is 2.32. The van der Waals surface area contributed by atoms with Crippen molar-refractivity contribution in [2.45, 2.75) is 19.4 Å². The maximum atomic E-state index is 13.4. The molecule has 0 bridgehead atoms. The van der Waals surface area contributed by atoms with Gasteiger partial charge in [0.1, 0.15) is 17.7 Å². The fraction of sp³-hybridized carbons (Fsp3) is 0.250. The highest BCUT2D eigenvalue weighted by Gasteiger charge is 2.18. The summed E-state index contributed by atoms with van der Waals surface area (Å²) in [5.74, 6) is 0.101. The van der Waals surface area contributed by atoms with Crippen molar-refractivity contribution in [2.75, 3.05) is 7.11 Å². The van der Waals surface area contributed by atoms with Crippen LogP contribution >= 0.6 is 0 Å². The zero-order valence-corrected chi connectivity index (χ0v) is 11.1. The van der Waals surface area contributed by atoms with Crippen LogP contribution in [0.1, 0.15) is 29.7 Å². The van der Waals surface area contributed by atoms with Gasteiger partial charge in [0.15, 0.2) is 0 Å². The van der Waals surface area contributed by atoms with Gasteiger partial charge in [-0.15, -0.1) is 0 Å². The van der Waals surface area contributed by atoms with Crippen LogP contribution in [-0.4, -0.2) is 12.2 Å². The first-order valence-corrected chi connectivity index (χ1v) is 6.26. The van der Waals surface area contributed by atoms with E-state index in [1.165, 1.54) is 25.3 Å². The number of halogens is 1.